The quantitative estimate of drug-likeness (QED) is 0.837. The minimum absolute atomic E-state index is 0.0567. The van der Waals surface area contributed by atoms with Gasteiger partial charge in [-0.05, 0) is 55.9 Å². The minimum atomic E-state index is -3.48. The van der Waals surface area contributed by atoms with Gasteiger partial charge in [-0.2, -0.15) is 0 Å². The number of nitrogens with zero attached hydrogens (tertiary/aromatic N) is 1. The van der Waals surface area contributed by atoms with Crippen LogP contribution in [-0.4, -0.2) is 44.4 Å². The van der Waals surface area contributed by atoms with E-state index in [9.17, 15) is 13.2 Å². The zero-order chi connectivity index (χ0) is 17.3. The van der Waals surface area contributed by atoms with Crippen molar-refractivity contribution < 1.29 is 13.2 Å². The van der Waals surface area contributed by atoms with Gasteiger partial charge in [0, 0.05) is 30.7 Å². The number of benzene rings is 1. The number of nitrogens with one attached hydrogen (secondary N) is 1. The average Bonchev–Trinajstić information content (AvgIpc) is 3.37. The zero-order valence-corrected chi connectivity index (χ0v) is 14.8. The van der Waals surface area contributed by atoms with Crippen LogP contribution in [-0.2, 0) is 10.0 Å². The summed E-state index contributed by atoms with van der Waals surface area (Å²) in [5, 5.41) is 0. The molecule has 3 N–H and O–H groups in total. The van der Waals surface area contributed by atoms with Crippen molar-refractivity contribution in [1.29, 1.82) is 0 Å². The molecule has 1 aromatic rings. The molecule has 0 bridgehead atoms. The van der Waals surface area contributed by atoms with Crippen LogP contribution in [0.15, 0.2) is 29.2 Å². The summed E-state index contributed by atoms with van der Waals surface area (Å²) in [7, 11) is -3.48. The summed E-state index contributed by atoms with van der Waals surface area (Å²) >= 11 is 0. The van der Waals surface area contributed by atoms with E-state index in [1.165, 1.54) is 12.1 Å². The van der Waals surface area contributed by atoms with E-state index < -0.39 is 10.0 Å². The second kappa shape index (κ2) is 6.82. The zero-order valence-electron chi connectivity index (χ0n) is 13.9. The van der Waals surface area contributed by atoms with Crippen molar-refractivity contribution in [3.63, 3.8) is 0 Å². The van der Waals surface area contributed by atoms with E-state index in [1.54, 1.807) is 12.1 Å². The molecule has 1 aliphatic carbocycles. The number of hydrogen-bond donors (Lipinski definition) is 2. The molecule has 24 heavy (non-hydrogen) atoms. The highest BCUT2D eigenvalue weighted by molar-refractivity contribution is 7.89. The Morgan fingerprint density at radius 3 is 2.50 bits per heavy atom. The topological polar surface area (TPSA) is 92.5 Å². The van der Waals surface area contributed by atoms with E-state index in [4.69, 9.17) is 5.73 Å². The molecule has 6 nitrogen and oxygen atoms in total. The first-order valence-electron chi connectivity index (χ1n) is 8.54. The van der Waals surface area contributed by atoms with Gasteiger partial charge in [-0.25, -0.2) is 13.1 Å². The molecule has 2 fully saturated rings. The molecule has 7 heteroatoms. The van der Waals surface area contributed by atoms with Crippen LogP contribution in [0.25, 0.3) is 0 Å². The van der Waals surface area contributed by atoms with Crippen molar-refractivity contribution in [2.45, 2.75) is 49.6 Å². The molecule has 132 valence electrons. The Bertz CT molecular complexity index is 698. The number of likely N-dealkylation sites (tertiary alicyclic amines) is 1. The van der Waals surface area contributed by atoms with E-state index in [-0.39, 0.29) is 22.9 Å². The van der Waals surface area contributed by atoms with Gasteiger partial charge in [-0.1, -0.05) is 6.92 Å². The van der Waals surface area contributed by atoms with Crippen molar-refractivity contribution in [3.05, 3.63) is 29.8 Å². The molecule has 2 aliphatic rings. The number of sulfonamides is 1. The lowest BCUT2D eigenvalue weighted by Crippen LogP contribution is -2.49. The fourth-order valence-corrected chi connectivity index (χ4v) is 4.48. The Kier molecular flexibility index (Phi) is 4.94. The highest BCUT2D eigenvalue weighted by Crippen LogP contribution is 2.25. The number of nitrogens with two attached hydrogens (primary N) is 1. The summed E-state index contributed by atoms with van der Waals surface area (Å²) in [6, 6.07) is 6.31. The maximum atomic E-state index is 12.7. The molecule has 1 saturated heterocycles. The molecule has 1 amide bonds. The van der Waals surface area contributed by atoms with Crippen LogP contribution in [0.1, 0.15) is 43.0 Å². The molecule has 1 saturated carbocycles. The highest BCUT2D eigenvalue weighted by Gasteiger charge is 2.30. The fraction of sp³-hybridized carbons (Fsp3) is 0.588. The lowest BCUT2D eigenvalue weighted by atomic mass is 9.92. The van der Waals surface area contributed by atoms with Gasteiger partial charge in [0.2, 0.25) is 10.0 Å². The smallest absolute Gasteiger partial charge is 0.254 e. The van der Waals surface area contributed by atoms with Gasteiger partial charge in [0.25, 0.3) is 5.91 Å². The lowest BCUT2D eigenvalue weighted by molar-refractivity contribution is 0.0573. The maximum Gasteiger partial charge on any atom is 0.254 e. The largest absolute Gasteiger partial charge is 0.334 e. The first-order valence-corrected chi connectivity index (χ1v) is 10.0. The van der Waals surface area contributed by atoms with E-state index in [0.29, 0.717) is 24.6 Å². The van der Waals surface area contributed by atoms with Crippen LogP contribution in [0.2, 0.25) is 0 Å². The number of amides is 1. The lowest BCUT2D eigenvalue weighted by Gasteiger charge is -2.38. The number of carbonyl (C=O) groups is 1. The predicted octanol–water partition coefficient (Wildman–Crippen LogP) is 1.33. The van der Waals surface area contributed by atoms with Crippen LogP contribution >= 0.6 is 0 Å². The Labute approximate surface area is 143 Å². The molecule has 2 atom stereocenters. The summed E-state index contributed by atoms with van der Waals surface area (Å²) in [4.78, 5) is 14.8. The number of hydrogen-bond acceptors (Lipinski definition) is 4. The third-order valence-corrected chi connectivity index (χ3v) is 6.36. The molecule has 1 aromatic carbocycles. The summed E-state index contributed by atoms with van der Waals surface area (Å²) in [5.41, 5.74) is 6.33. The van der Waals surface area contributed by atoms with Gasteiger partial charge >= 0.3 is 0 Å². The fourth-order valence-electron chi connectivity index (χ4n) is 3.17. The van der Waals surface area contributed by atoms with Crippen LogP contribution < -0.4 is 10.5 Å². The van der Waals surface area contributed by atoms with Crippen molar-refractivity contribution in [3.8, 4) is 0 Å². The molecule has 0 aromatic heterocycles. The third kappa shape index (κ3) is 3.79. The van der Waals surface area contributed by atoms with E-state index in [2.05, 4.69) is 11.6 Å². The molecular formula is C17H25N3O3S. The van der Waals surface area contributed by atoms with E-state index >= 15 is 0 Å². The second-order valence-electron chi connectivity index (χ2n) is 6.94. The Morgan fingerprint density at radius 2 is 1.92 bits per heavy atom. The third-order valence-electron chi connectivity index (χ3n) is 4.82. The molecule has 1 aliphatic heterocycles. The summed E-state index contributed by atoms with van der Waals surface area (Å²) < 4.78 is 27.0. The van der Waals surface area contributed by atoms with Crippen LogP contribution in [0.3, 0.4) is 0 Å². The molecule has 1 heterocycles. The Hall–Kier alpha value is -1.44. The summed E-state index contributed by atoms with van der Waals surface area (Å²) in [6.07, 6.45) is 3.67. The van der Waals surface area contributed by atoms with Gasteiger partial charge < -0.3 is 10.6 Å². The molecule has 0 spiro atoms. The van der Waals surface area contributed by atoms with Gasteiger partial charge in [-0.3, -0.25) is 4.79 Å². The number of piperidine rings is 1. The molecule has 3 rings (SSSR count). The van der Waals surface area contributed by atoms with Gasteiger partial charge in [0.15, 0.2) is 0 Å². The Balaban J connectivity index is 1.73. The van der Waals surface area contributed by atoms with Gasteiger partial charge in [0.1, 0.15) is 0 Å². The monoisotopic (exact) mass is 351 g/mol. The summed E-state index contributed by atoms with van der Waals surface area (Å²) in [5.74, 6) is 0.500. The first-order chi connectivity index (χ1) is 11.4. The van der Waals surface area contributed by atoms with E-state index in [0.717, 1.165) is 25.7 Å². The number of rotatable bonds is 5. The predicted molar refractivity (Wildman–Crippen MR) is 92.1 cm³/mol. The first kappa shape index (κ1) is 17.4. The van der Waals surface area contributed by atoms with Crippen LogP contribution in [0.5, 0.6) is 0 Å². The second-order valence-corrected chi connectivity index (χ2v) is 8.65. The molecule has 2 unspecified atom stereocenters. The number of carbonyl (C=O) groups excluding carboxylic acids is 1. The standard InChI is InChI=1S/C17H25N3O3S/c1-12-8-9-20(15(10-12)11-18)17(21)13-2-6-16(7-3-13)24(22,23)19-14-4-5-14/h2-3,6-7,12,14-15,19H,4-5,8-11,18H2,1H3. The minimum Gasteiger partial charge on any atom is -0.334 e. The van der Waals surface area contributed by atoms with Gasteiger partial charge in [-0.15, -0.1) is 0 Å². The van der Waals surface area contributed by atoms with Crippen molar-refractivity contribution in [1.82, 2.24) is 9.62 Å². The van der Waals surface area contributed by atoms with E-state index in [1.807, 2.05) is 4.90 Å². The van der Waals surface area contributed by atoms with Crippen LogP contribution in [0, 0.1) is 5.92 Å². The SMILES string of the molecule is CC1CCN(C(=O)c2ccc(S(=O)(=O)NC3CC3)cc2)C(CN)C1. The van der Waals surface area contributed by atoms with Crippen molar-refractivity contribution in [2.24, 2.45) is 11.7 Å². The molecular weight excluding hydrogens is 326 g/mol. The summed E-state index contributed by atoms with van der Waals surface area (Å²) in [6.45, 7) is 3.33. The van der Waals surface area contributed by atoms with Crippen molar-refractivity contribution >= 4 is 15.9 Å². The average molecular weight is 351 g/mol. The van der Waals surface area contributed by atoms with Crippen LogP contribution in [0.4, 0.5) is 0 Å². The molecule has 0 radical (unpaired) electrons. The maximum absolute atomic E-state index is 12.7. The highest BCUT2D eigenvalue weighted by atomic mass is 32.2. The normalized spacial score (nSPS) is 24.8. The van der Waals surface area contributed by atoms with Gasteiger partial charge in [0.05, 0.1) is 4.90 Å². The van der Waals surface area contributed by atoms with Crippen molar-refractivity contribution in [2.75, 3.05) is 13.1 Å². The Morgan fingerprint density at radius 1 is 1.25 bits per heavy atom.